The van der Waals surface area contributed by atoms with E-state index in [4.69, 9.17) is 0 Å². The maximum atomic E-state index is 13.5. The molecule has 1 nitrogen and oxygen atoms in total. The Hall–Kier alpha value is -0.810. The summed E-state index contributed by atoms with van der Waals surface area (Å²) in [4.78, 5) is 0. The molecule has 12 heteroatoms. The minimum absolute atomic E-state index is 0.288. The van der Waals surface area contributed by atoms with E-state index in [9.17, 15) is 48.3 Å². The summed E-state index contributed by atoms with van der Waals surface area (Å²) in [5.41, 5.74) is -2.80. The maximum Gasteiger partial charge on any atom is 0.438 e. The molecule has 0 fully saturated rings. The smallest absolute Gasteiger partial charge is 0.322 e. The van der Waals surface area contributed by atoms with Gasteiger partial charge in [-0.1, -0.05) is 13.8 Å². The van der Waals surface area contributed by atoms with Gasteiger partial charge < -0.3 is 5.73 Å². The summed E-state index contributed by atoms with van der Waals surface area (Å²) in [5, 5.41) is 0. The van der Waals surface area contributed by atoms with Gasteiger partial charge in [-0.05, 0) is 18.8 Å². The third-order valence-electron chi connectivity index (χ3n) is 3.15. The van der Waals surface area contributed by atoms with Crippen molar-refractivity contribution in [2.45, 2.75) is 62.6 Å². The second kappa shape index (κ2) is 6.25. The van der Waals surface area contributed by atoms with Gasteiger partial charge in [0.15, 0.2) is 0 Å². The molecule has 0 rings (SSSR count). The highest BCUT2D eigenvalue weighted by Gasteiger charge is 2.90. The summed E-state index contributed by atoms with van der Waals surface area (Å²) in [6, 6.07) is -3.10. The van der Waals surface area contributed by atoms with Gasteiger partial charge in [-0.2, -0.15) is 43.9 Å². The van der Waals surface area contributed by atoms with Crippen molar-refractivity contribution in [3.63, 3.8) is 0 Å². The van der Waals surface area contributed by atoms with Gasteiger partial charge in [-0.25, -0.2) is 4.39 Å². The summed E-state index contributed by atoms with van der Waals surface area (Å²) >= 11 is 0. The van der Waals surface area contributed by atoms with Crippen LogP contribution in [0, 0.1) is 5.92 Å². The molecule has 0 aliphatic carbocycles. The lowest BCUT2D eigenvalue weighted by molar-refractivity contribution is -0.428. The van der Waals surface area contributed by atoms with Crippen LogP contribution in [0.3, 0.4) is 0 Å². The van der Waals surface area contributed by atoms with Gasteiger partial charge in [0.05, 0.1) is 6.04 Å². The van der Waals surface area contributed by atoms with Gasteiger partial charge in [-0.3, -0.25) is 0 Å². The van der Waals surface area contributed by atoms with E-state index in [-0.39, 0.29) is 6.42 Å². The van der Waals surface area contributed by atoms with E-state index in [1.807, 2.05) is 0 Å². The Morgan fingerprint density at radius 1 is 0.696 bits per heavy atom. The lowest BCUT2D eigenvalue weighted by Gasteiger charge is -2.41. The summed E-state index contributed by atoms with van der Waals surface area (Å²) in [6.45, 7) is 2.85. The molecule has 0 radical (unpaired) electrons. The van der Waals surface area contributed by atoms with Crippen LogP contribution in [-0.4, -0.2) is 35.9 Å². The van der Waals surface area contributed by atoms with Gasteiger partial charge in [0.2, 0.25) is 0 Å². The van der Waals surface area contributed by atoms with Crippen molar-refractivity contribution in [2.75, 3.05) is 0 Å². The van der Waals surface area contributed by atoms with Gasteiger partial charge >= 0.3 is 29.9 Å². The van der Waals surface area contributed by atoms with Crippen LogP contribution in [-0.2, 0) is 0 Å². The van der Waals surface area contributed by atoms with Crippen LogP contribution in [0.1, 0.15) is 26.7 Å². The minimum Gasteiger partial charge on any atom is -0.322 e. The fourth-order valence-corrected chi connectivity index (χ4v) is 1.67. The first-order chi connectivity index (χ1) is 9.84. The maximum absolute atomic E-state index is 13.5. The van der Waals surface area contributed by atoms with E-state index < -0.39 is 48.2 Å². The Kier molecular flexibility index (Phi) is 6.03. The van der Waals surface area contributed by atoms with Crippen LogP contribution in [0.4, 0.5) is 48.3 Å². The normalized spacial score (nSPS) is 16.8. The lowest BCUT2D eigenvalue weighted by atomic mass is 9.85. The van der Waals surface area contributed by atoms with Crippen molar-refractivity contribution in [3.8, 4) is 0 Å². The molecule has 0 aromatic carbocycles. The molecule has 1 atom stereocenters. The zero-order valence-electron chi connectivity index (χ0n) is 11.8. The second-order valence-corrected chi connectivity index (χ2v) is 5.43. The van der Waals surface area contributed by atoms with Crippen molar-refractivity contribution >= 4 is 0 Å². The van der Waals surface area contributed by atoms with E-state index in [0.717, 1.165) is 0 Å². The summed E-state index contributed by atoms with van der Waals surface area (Å²) < 4.78 is 141. The molecular weight excluding hydrogens is 355 g/mol. The first-order valence-electron chi connectivity index (χ1n) is 6.17. The first-order valence-corrected chi connectivity index (χ1v) is 6.17. The Bertz CT molecular complexity index is 382. The summed E-state index contributed by atoms with van der Waals surface area (Å²) in [6.07, 6.45) is -16.0. The van der Waals surface area contributed by atoms with Crippen LogP contribution < -0.4 is 5.73 Å². The molecule has 0 saturated carbocycles. The number of hydrogen-bond donors (Lipinski definition) is 1. The van der Waals surface area contributed by atoms with E-state index in [0.29, 0.717) is 0 Å². The van der Waals surface area contributed by atoms with Crippen LogP contribution in [0.25, 0.3) is 0 Å². The standard InChI is InChI=1S/C11H14F11N/c1-5(2)3-4-6(23)7(12,13)9(15,16)8(14,10(17,18)19)11(20,21)22/h5-6H,3-4,23H2,1-2H3. The predicted octanol–water partition coefficient (Wildman–Crippen LogP) is 4.85. The van der Waals surface area contributed by atoms with E-state index in [1.165, 1.54) is 13.8 Å². The third kappa shape index (κ3) is 3.66. The van der Waals surface area contributed by atoms with E-state index in [1.54, 1.807) is 0 Å². The molecule has 1 unspecified atom stereocenters. The molecule has 0 aliphatic rings. The van der Waals surface area contributed by atoms with Crippen molar-refractivity contribution in [3.05, 3.63) is 0 Å². The molecule has 0 aromatic rings. The molecule has 0 spiro atoms. The van der Waals surface area contributed by atoms with Crippen molar-refractivity contribution in [1.82, 2.24) is 0 Å². The highest BCUT2D eigenvalue weighted by molar-refractivity contribution is 5.13. The Morgan fingerprint density at radius 3 is 1.30 bits per heavy atom. The van der Waals surface area contributed by atoms with Crippen LogP contribution >= 0.6 is 0 Å². The number of rotatable bonds is 6. The molecular formula is C11H14F11N. The van der Waals surface area contributed by atoms with Crippen LogP contribution in [0.2, 0.25) is 0 Å². The second-order valence-electron chi connectivity index (χ2n) is 5.43. The van der Waals surface area contributed by atoms with Crippen molar-refractivity contribution in [2.24, 2.45) is 11.7 Å². The highest BCUT2D eigenvalue weighted by atomic mass is 19.4. The van der Waals surface area contributed by atoms with E-state index in [2.05, 4.69) is 5.73 Å². The van der Waals surface area contributed by atoms with Gasteiger partial charge in [0, 0.05) is 0 Å². The summed E-state index contributed by atoms with van der Waals surface area (Å²) in [7, 11) is 0. The molecule has 0 aliphatic heterocycles. The van der Waals surface area contributed by atoms with Crippen LogP contribution in [0.5, 0.6) is 0 Å². The lowest BCUT2D eigenvalue weighted by Crippen LogP contribution is -2.73. The zero-order chi connectivity index (χ0) is 19.1. The Balaban J connectivity index is 5.97. The number of nitrogens with two attached hydrogens (primary N) is 1. The molecule has 0 aromatic heterocycles. The Labute approximate surface area is 124 Å². The first kappa shape index (κ1) is 22.2. The fraction of sp³-hybridized carbons (Fsp3) is 1.00. The third-order valence-corrected chi connectivity index (χ3v) is 3.15. The fourth-order valence-electron chi connectivity index (χ4n) is 1.67. The topological polar surface area (TPSA) is 26.0 Å². The SMILES string of the molecule is CC(C)CCC(N)C(F)(F)C(F)(F)C(F)(C(F)(F)F)C(F)(F)F. The molecule has 0 amide bonds. The number of alkyl halides is 11. The number of hydrogen-bond acceptors (Lipinski definition) is 1. The van der Waals surface area contributed by atoms with Crippen molar-refractivity contribution in [1.29, 1.82) is 0 Å². The van der Waals surface area contributed by atoms with Gasteiger partial charge in [0.1, 0.15) is 0 Å². The molecule has 140 valence electrons. The predicted molar refractivity (Wildman–Crippen MR) is 57.9 cm³/mol. The monoisotopic (exact) mass is 369 g/mol. The van der Waals surface area contributed by atoms with Gasteiger partial charge in [0.25, 0.3) is 0 Å². The highest BCUT2D eigenvalue weighted by Crippen LogP contribution is 2.59. The summed E-state index contributed by atoms with van der Waals surface area (Å²) in [5.74, 6) is -13.6. The van der Waals surface area contributed by atoms with Crippen LogP contribution in [0.15, 0.2) is 0 Å². The largest absolute Gasteiger partial charge is 0.438 e. The minimum atomic E-state index is -7.44. The molecule has 0 heterocycles. The quantitative estimate of drug-likeness (QED) is 0.666. The van der Waals surface area contributed by atoms with E-state index >= 15 is 0 Å². The molecule has 0 bridgehead atoms. The number of halogens is 11. The zero-order valence-corrected chi connectivity index (χ0v) is 11.8. The molecule has 23 heavy (non-hydrogen) atoms. The van der Waals surface area contributed by atoms with Gasteiger partial charge in [-0.15, -0.1) is 0 Å². The molecule has 2 N–H and O–H groups in total. The van der Waals surface area contributed by atoms with Crippen molar-refractivity contribution < 1.29 is 48.3 Å². The average Bonchev–Trinajstić information content (AvgIpc) is 2.31. The Morgan fingerprint density at radius 2 is 1.04 bits per heavy atom. The molecule has 0 saturated heterocycles. The average molecular weight is 369 g/mol.